The zero-order valence-electron chi connectivity index (χ0n) is 14.7. The van der Waals surface area contributed by atoms with E-state index in [1.54, 1.807) is 11.9 Å². The summed E-state index contributed by atoms with van der Waals surface area (Å²) in [6.45, 7) is 0.590. The fourth-order valence-electron chi connectivity index (χ4n) is 3.41. The van der Waals surface area contributed by atoms with E-state index >= 15 is 0 Å². The van der Waals surface area contributed by atoms with Crippen LogP contribution in [-0.2, 0) is 11.3 Å². The van der Waals surface area contributed by atoms with Gasteiger partial charge in [-0.2, -0.15) is 4.98 Å². The highest BCUT2D eigenvalue weighted by atomic mass is 32.2. The van der Waals surface area contributed by atoms with Gasteiger partial charge in [0.25, 0.3) is 0 Å². The van der Waals surface area contributed by atoms with Crippen molar-refractivity contribution >= 4 is 17.9 Å². The summed E-state index contributed by atoms with van der Waals surface area (Å²) in [5.41, 5.74) is 0. The molecular formula is C17H29N3O3S. The predicted octanol–water partition coefficient (Wildman–Crippen LogP) is 4.09. The van der Waals surface area contributed by atoms with Gasteiger partial charge in [-0.15, -0.1) is 0 Å². The SMILES string of the molecule is CSN(C)Cc1noc(C(CCCC2CCCCC2)CC(=O)O)n1. The third-order valence-electron chi connectivity index (χ3n) is 4.82. The number of aliphatic carboxylic acids is 1. The van der Waals surface area contributed by atoms with Crippen LogP contribution in [0.3, 0.4) is 0 Å². The van der Waals surface area contributed by atoms with E-state index in [-0.39, 0.29) is 12.3 Å². The van der Waals surface area contributed by atoms with Crippen LogP contribution in [0.4, 0.5) is 0 Å². The Balaban J connectivity index is 1.88. The third kappa shape index (κ3) is 6.43. The third-order valence-corrected chi connectivity index (χ3v) is 5.57. The summed E-state index contributed by atoms with van der Waals surface area (Å²) < 4.78 is 7.36. The lowest BCUT2D eigenvalue weighted by Crippen LogP contribution is -2.11. The molecule has 1 N–H and O–H groups in total. The normalized spacial score (nSPS) is 17.3. The molecule has 136 valence electrons. The molecule has 1 aliphatic rings. The summed E-state index contributed by atoms with van der Waals surface area (Å²) in [7, 11) is 1.96. The molecular weight excluding hydrogens is 326 g/mol. The Bertz CT molecular complexity index is 503. The van der Waals surface area contributed by atoms with E-state index in [0.717, 1.165) is 18.8 Å². The molecule has 0 aliphatic heterocycles. The molecule has 0 saturated heterocycles. The minimum absolute atomic E-state index is 0.0602. The summed E-state index contributed by atoms with van der Waals surface area (Å²) >= 11 is 1.60. The van der Waals surface area contributed by atoms with Crippen LogP contribution in [0.25, 0.3) is 0 Å². The number of hydrogen-bond donors (Lipinski definition) is 1. The number of carbonyl (C=O) groups is 1. The lowest BCUT2D eigenvalue weighted by molar-refractivity contribution is -0.137. The van der Waals surface area contributed by atoms with Gasteiger partial charge in [0, 0.05) is 5.92 Å². The average Bonchev–Trinajstić information content (AvgIpc) is 3.03. The van der Waals surface area contributed by atoms with E-state index in [2.05, 4.69) is 10.1 Å². The number of nitrogens with zero attached hydrogens (tertiary/aromatic N) is 3. The van der Waals surface area contributed by atoms with E-state index < -0.39 is 5.97 Å². The summed E-state index contributed by atoms with van der Waals surface area (Å²) in [4.78, 5) is 15.6. The molecule has 6 nitrogen and oxygen atoms in total. The Kier molecular flexibility index (Phi) is 8.05. The zero-order chi connectivity index (χ0) is 17.4. The molecule has 0 bridgehead atoms. The van der Waals surface area contributed by atoms with Crippen LogP contribution in [0.1, 0.15) is 75.4 Å². The van der Waals surface area contributed by atoms with Gasteiger partial charge in [-0.3, -0.25) is 4.79 Å². The molecule has 1 aromatic rings. The molecule has 1 aliphatic carbocycles. The first-order valence-corrected chi connectivity index (χ1v) is 10.1. The molecule has 2 rings (SSSR count). The quantitative estimate of drug-likeness (QED) is 0.633. The van der Waals surface area contributed by atoms with Gasteiger partial charge in [-0.05, 0) is 25.6 Å². The number of carboxylic acid groups (broad SMARTS) is 1. The maximum Gasteiger partial charge on any atom is 0.304 e. The fourth-order valence-corrected chi connectivity index (χ4v) is 3.66. The molecule has 24 heavy (non-hydrogen) atoms. The Hall–Kier alpha value is -1.08. The maximum atomic E-state index is 11.2. The molecule has 1 heterocycles. The van der Waals surface area contributed by atoms with Crippen LogP contribution in [-0.4, -0.2) is 38.8 Å². The molecule has 1 unspecified atom stereocenters. The lowest BCUT2D eigenvalue weighted by atomic mass is 9.84. The number of aromatic nitrogens is 2. The molecule has 7 heteroatoms. The van der Waals surface area contributed by atoms with E-state index in [1.807, 2.05) is 17.6 Å². The molecule has 0 amide bonds. The summed E-state index contributed by atoms with van der Waals surface area (Å²) in [5, 5.41) is 13.2. The minimum Gasteiger partial charge on any atom is -0.481 e. The monoisotopic (exact) mass is 355 g/mol. The smallest absolute Gasteiger partial charge is 0.304 e. The van der Waals surface area contributed by atoms with Crippen LogP contribution in [0.2, 0.25) is 0 Å². The second-order valence-corrected chi connectivity index (χ2v) is 7.74. The predicted molar refractivity (Wildman–Crippen MR) is 94.7 cm³/mol. The molecule has 1 fully saturated rings. The van der Waals surface area contributed by atoms with Gasteiger partial charge in [0.1, 0.15) is 0 Å². The minimum atomic E-state index is -0.807. The molecule has 0 aromatic carbocycles. The van der Waals surface area contributed by atoms with Gasteiger partial charge in [-0.25, -0.2) is 4.31 Å². The Morgan fingerprint density at radius 1 is 1.42 bits per heavy atom. The van der Waals surface area contributed by atoms with Crippen molar-refractivity contribution in [1.29, 1.82) is 0 Å². The summed E-state index contributed by atoms with van der Waals surface area (Å²) in [6.07, 6.45) is 11.8. The molecule has 1 saturated carbocycles. The van der Waals surface area contributed by atoms with Crippen molar-refractivity contribution < 1.29 is 14.4 Å². The Morgan fingerprint density at radius 3 is 2.83 bits per heavy atom. The molecule has 1 atom stereocenters. The van der Waals surface area contributed by atoms with E-state index in [9.17, 15) is 9.90 Å². The van der Waals surface area contributed by atoms with E-state index in [4.69, 9.17) is 4.52 Å². The van der Waals surface area contributed by atoms with Gasteiger partial charge in [0.2, 0.25) is 5.89 Å². The second kappa shape index (κ2) is 10.0. The number of hydrogen-bond acceptors (Lipinski definition) is 6. The molecule has 0 radical (unpaired) electrons. The van der Waals surface area contributed by atoms with Crippen LogP contribution >= 0.6 is 11.9 Å². The van der Waals surface area contributed by atoms with Crippen molar-refractivity contribution in [1.82, 2.24) is 14.4 Å². The van der Waals surface area contributed by atoms with Crippen LogP contribution < -0.4 is 0 Å². The van der Waals surface area contributed by atoms with Gasteiger partial charge in [0.05, 0.1) is 13.0 Å². The number of carboxylic acids is 1. The Labute approximate surface area is 148 Å². The van der Waals surface area contributed by atoms with Gasteiger partial charge in [-0.1, -0.05) is 62.1 Å². The van der Waals surface area contributed by atoms with E-state index in [0.29, 0.717) is 18.3 Å². The van der Waals surface area contributed by atoms with Crippen molar-refractivity contribution in [3.05, 3.63) is 11.7 Å². The average molecular weight is 356 g/mol. The molecule has 0 spiro atoms. The van der Waals surface area contributed by atoms with Gasteiger partial charge >= 0.3 is 5.97 Å². The van der Waals surface area contributed by atoms with Crippen molar-refractivity contribution in [2.24, 2.45) is 5.92 Å². The summed E-state index contributed by atoms with van der Waals surface area (Å²) in [5.74, 6) is 0.929. The van der Waals surface area contributed by atoms with Crippen molar-refractivity contribution in [3.63, 3.8) is 0 Å². The standard InChI is InChI=1S/C17H29N3O3S/c1-20(24-2)12-15-18-17(23-19-15)14(11-16(21)22)10-6-9-13-7-4-3-5-8-13/h13-14H,3-12H2,1-2H3,(H,21,22). The first kappa shape index (κ1) is 19.2. The second-order valence-electron chi connectivity index (χ2n) is 6.75. The van der Waals surface area contributed by atoms with Gasteiger partial charge in [0.15, 0.2) is 5.82 Å². The first-order chi connectivity index (χ1) is 11.6. The maximum absolute atomic E-state index is 11.2. The first-order valence-electron chi connectivity index (χ1n) is 8.88. The van der Waals surface area contributed by atoms with Crippen molar-refractivity contribution in [2.45, 2.75) is 70.3 Å². The molecule has 1 aromatic heterocycles. The topological polar surface area (TPSA) is 79.5 Å². The van der Waals surface area contributed by atoms with Crippen LogP contribution in [0, 0.1) is 5.92 Å². The highest BCUT2D eigenvalue weighted by Crippen LogP contribution is 2.31. The van der Waals surface area contributed by atoms with Crippen LogP contribution in [0.15, 0.2) is 4.52 Å². The number of rotatable bonds is 10. The van der Waals surface area contributed by atoms with Crippen LogP contribution in [0.5, 0.6) is 0 Å². The summed E-state index contributed by atoms with van der Waals surface area (Å²) in [6, 6.07) is 0. The fraction of sp³-hybridized carbons (Fsp3) is 0.824. The highest BCUT2D eigenvalue weighted by molar-refractivity contribution is 7.96. The van der Waals surface area contributed by atoms with Gasteiger partial charge < -0.3 is 9.63 Å². The Morgan fingerprint density at radius 2 is 2.17 bits per heavy atom. The largest absolute Gasteiger partial charge is 0.481 e. The van der Waals surface area contributed by atoms with Crippen molar-refractivity contribution in [3.8, 4) is 0 Å². The lowest BCUT2D eigenvalue weighted by Gasteiger charge is -2.21. The van der Waals surface area contributed by atoms with E-state index in [1.165, 1.54) is 38.5 Å². The highest BCUT2D eigenvalue weighted by Gasteiger charge is 2.23. The zero-order valence-corrected chi connectivity index (χ0v) is 15.6. The van der Waals surface area contributed by atoms with Crippen molar-refractivity contribution in [2.75, 3.05) is 13.3 Å².